The maximum absolute atomic E-state index is 12.3. The number of carbonyl (C=O) groups excluding carboxylic acids is 2. The molecule has 1 aromatic rings. The van der Waals surface area contributed by atoms with Crippen molar-refractivity contribution in [3.05, 3.63) is 29.8 Å². The fourth-order valence-electron chi connectivity index (χ4n) is 2.92. The van der Waals surface area contributed by atoms with Crippen LogP contribution in [0, 0.1) is 12.8 Å². The van der Waals surface area contributed by atoms with E-state index in [1.54, 1.807) is 0 Å². The van der Waals surface area contributed by atoms with Gasteiger partial charge in [-0.25, -0.2) is 0 Å². The van der Waals surface area contributed by atoms with E-state index in [2.05, 4.69) is 10.6 Å². The van der Waals surface area contributed by atoms with Crippen molar-refractivity contribution in [3.63, 3.8) is 0 Å². The van der Waals surface area contributed by atoms with Gasteiger partial charge in [-0.1, -0.05) is 24.1 Å². The van der Waals surface area contributed by atoms with E-state index >= 15 is 0 Å². The summed E-state index contributed by atoms with van der Waals surface area (Å²) >= 11 is 1.35. The van der Waals surface area contributed by atoms with Crippen LogP contribution in [-0.4, -0.2) is 35.4 Å². The largest absolute Gasteiger partial charge is 0.352 e. The van der Waals surface area contributed by atoms with E-state index in [0.29, 0.717) is 12.5 Å². The van der Waals surface area contributed by atoms with Gasteiger partial charge in [-0.2, -0.15) is 0 Å². The molecule has 7 heteroatoms. The molecule has 0 bridgehead atoms. The summed E-state index contributed by atoms with van der Waals surface area (Å²) in [5.41, 5.74) is 7.67. The molecule has 1 aromatic carbocycles. The number of anilines is 1. The predicted octanol–water partition coefficient (Wildman–Crippen LogP) is 2.72. The average Bonchev–Trinajstić information content (AvgIpc) is 3.01. The highest BCUT2D eigenvalue weighted by Gasteiger charge is 2.28. The predicted molar refractivity (Wildman–Crippen MR) is 107 cm³/mol. The van der Waals surface area contributed by atoms with Crippen LogP contribution in [0.15, 0.2) is 24.3 Å². The number of thioether (sulfide) groups is 1. The molecule has 1 saturated carbocycles. The first-order valence-corrected chi connectivity index (χ1v) is 9.53. The van der Waals surface area contributed by atoms with Gasteiger partial charge in [0.15, 0.2) is 0 Å². The molecular formula is C18H28ClN3O2S. The Morgan fingerprint density at radius 1 is 1.28 bits per heavy atom. The Kier molecular flexibility index (Phi) is 9.32. The number of hydrogen-bond acceptors (Lipinski definition) is 4. The molecule has 0 saturated heterocycles. The van der Waals surface area contributed by atoms with E-state index < -0.39 is 0 Å². The summed E-state index contributed by atoms with van der Waals surface area (Å²) < 4.78 is 0. The number of aryl methyl sites for hydroxylation is 1. The van der Waals surface area contributed by atoms with E-state index in [1.165, 1.54) is 11.8 Å². The number of benzene rings is 1. The van der Waals surface area contributed by atoms with E-state index in [1.807, 2.05) is 38.1 Å². The topological polar surface area (TPSA) is 84.2 Å². The van der Waals surface area contributed by atoms with Crippen molar-refractivity contribution in [3.8, 4) is 0 Å². The summed E-state index contributed by atoms with van der Waals surface area (Å²) in [6, 6.07) is 7.84. The van der Waals surface area contributed by atoms with E-state index in [9.17, 15) is 9.59 Å². The van der Waals surface area contributed by atoms with Gasteiger partial charge in [0.25, 0.3) is 0 Å². The van der Waals surface area contributed by atoms with Crippen LogP contribution < -0.4 is 16.4 Å². The van der Waals surface area contributed by atoms with E-state index in [-0.39, 0.29) is 41.3 Å². The zero-order valence-electron chi connectivity index (χ0n) is 14.8. The Hall–Kier alpha value is -1.24. The van der Waals surface area contributed by atoms with Crippen molar-refractivity contribution in [2.45, 2.75) is 44.4 Å². The third-order valence-electron chi connectivity index (χ3n) is 4.46. The molecule has 5 nitrogen and oxygen atoms in total. The van der Waals surface area contributed by atoms with Crippen molar-refractivity contribution in [1.29, 1.82) is 0 Å². The number of halogens is 1. The third-order valence-corrected chi connectivity index (χ3v) is 5.60. The second kappa shape index (κ2) is 10.7. The minimum atomic E-state index is -0.257. The van der Waals surface area contributed by atoms with Gasteiger partial charge in [0.05, 0.1) is 11.0 Å². The molecular weight excluding hydrogens is 358 g/mol. The molecule has 140 valence electrons. The molecule has 0 radical (unpaired) electrons. The molecule has 0 heterocycles. The van der Waals surface area contributed by atoms with Gasteiger partial charge in [0, 0.05) is 11.7 Å². The highest BCUT2D eigenvalue weighted by molar-refractivity contribution is 8.01. The first-order valence-electron chi connectivity index (χ1n) is 8.48. The third kappa shape index (κ3) is 6.88. The molecule has 0 aliphatic heterocycles. The number of amides is 2. The SMILES string of the molecule is Cc1ccc(NC(=O)CSC(C)C(=O)NC2CCCC2CN)cc1.Cl. The summed E-state index contributed by atoms with van der Waals surface area (Å²) in [6.07, 6.45) is 3.20. The highest BCUT2D eigenvalue weighted by atomic mass is 35.5. The zero-order chi connectivity index (χ0) is 17.5. The fourth-order valence-corrected chi connectivity index (χ4v) is 3.61. The summed E-state index contributed by atoms with van der Waals surface area (Å²) in [4.78, 5) is 24.3. The molecule has 1 aliphatic rings. The molecule has 3 atom stereocenters. The van der Waals surface area contributed by atoms with Crippen molar-refractivity contribution in [2.24, 2.45) is 11.7 Å². The monoisotopic (exact) mass is 385 g/mol. The summed E-state index contributed by atoms with van der Waals surface area (Å²) in [5, 5.41) is 5.68. The molecule has 25 heavy (non-hydrogen) atoms. The lowest BCUT2D eigenvalue weighted by molar-refractivity contribution is -0.121. The molecule has 2 amide bonds. The molecule has 1 aliphatic carbocycles. The van der Waals surface area contributed by atoms with Crippen LogP contribution in [0.4, 0.5) is 5.69 Å². The van der Waals surface area contributed by atoms with Gasteiger partial charge in [0.1, 0.15) is 0 Å². The smallest absolute Gasteiger partial charge is 0.234 e. The molecule has 3 unspecified atom stereocenters. The van der Waals surface area contributed by atoms with Crippen molar-refractivity contribution in [1.82, 2.24) is 5.32 Å². The Labute approximate surface area is 160 Å². The number of hydrogen-bond donors (Lipinski definition) is 3. The summed E-state index contributed by atoms with van der Waals surface area (Å²) in [5.74, 6) is 0.543. The number of rotatable bonds is 7. The maximum Gasteiger partial charge on any atom is 0.234 e. The lowest BCUT2D eigenvalue weighted by Crippen LogP contribution is -2.43. The summed E-state index contributed by atoms with van der Waals surface area (Å²) in [6.45, 7) is 4.46. The normalized spacial score (nSPS) is 20.4. The van der Waals surface area contributed by atoms with Crippen LogP contribution in [0.3, 0.4) is 0 Å². The molecule has 0 aromatic heterocycles. The summed E-state index contributed by atoms with van der Waals surface area (Å²) in [7, 11) is 0. The van der Waals surface area contributed by atoms with Crippen molar-refractivity contribution < 1.29 is 9.59 Å². The van der Waals surface area contributed by atoms with Gasteiger partial charge < -0.3 is 16.4 Å². The minimum Gasteiger partial charge on any atom is -0.352 e. The molecule has 1 fully saturated rings. The van der Waals surface area contributed by atoms with Crippen LogP contribution in [0.1, 0.15) is 31.7 Å². The fraction of sp³-hybridized carbons (Fsp3) is 0.556. The second-order valence-corrected chi connectivity index (χ2v) is 7.74. The van der Waals surface area contributed by atoms with Gasteiger partial charge >= 0.3 is 0 Å². The second-order valence-electron chi connectivity index (χ2n) is 6.41. The lowest BCUT2D eigenvalue weighted by Gasteiger charge is -2.21. The Balaban J connectivity index is 0.00000312. The van der Waals surface area contributed by atoms with E-state index in [0.717, 1.165) is 30.5 Å². The van der Waals surface area contributed by atoms with Gasteiger partial charge in [-0.05, 0) is 51.3 Å². The average molecular weight is 386 g/mol. The number of nitrogens with one attached hydrogen (secondary N) is 2. The van der Waals surface area contributed by atoms with Crippen molar-refractivity contribution >= 4 is 41.7 Å². The Morgan fingerprint density at radius 2 is 1.96 bits per heavy atom. The quantitative estimate of drug-likeness (QED) is 0.673. The maximum atomic E-state index is 12.3. The number of carbonyl (C=O) groups is 2. The first-order chi connectivity index (χ1) is 11.5. The van der Waals surface area contributed by atoms with E-state index in [4.69, 9.17) is 5.73 Å². The molecule has 4 N–H and O–H groups in total. The van der Waals surface area contributed by atoms with Crippen LogP contribution in [0.25, 0.3) is 0 Å². The standard InChI is InChI=1S/C18H27N3O2S.ClH/c1-12-6-8-15(9-7-12)20-17(22)11-24-13(2)18(23)21-16-5-3-4-14(16)10-19;/h6-9,13-14,16H,3-5,10-11,19H2,1-2H3,(H,20,22)(H,21,23);1H. The van der Waals surface area contributed by atoms with Crippen LogP contribution in [0.2, 0.25) is 0 Å². The minimum absolute atomic E-state index is 0. The van der Waals surface area contributed by atoms with Crippen LogP contribution in [0.5, 0.6) is 0 Å². The van der Waals surface area contributed by atoms with Crippen LogP contribution in [-0.2, 0) is 9.59 Å². The molecule has 2 rings (SSSR count). The van der Waals surface area contributed by atoms with Gasteiger partial charge in [-0.15, -0.1) is 24.2 Å². The Morgan fingerprint density at radius 3 is 2.60 bits per heavy atom. The number of nitrogens with two attached hydrogens (primary N) is 1. The van der Waals surface area contributed by atoms with Crippen LogP contribution >= 0.6 is 24.2 Å². The lowest BCUT2D eigenvalue weighted by atomic mass is 10.0. The highest BCUT2D eigenvalue weighted by Crippen LogP contribution is 2.25. The van der Waals surface area contributed by atoms with Gasteiger partial charge in [0.2, 0.25) is 11.8 Å². The first kappa shape index (κ1) is 21.8. The van der Waals surface area contributed by atoms with Crippen molar-refractivity contribution in [2.75, 3.05) is 17.6 Å². The zero-order valence-corrected chi connectivity index (χ0v) is 16.4. The molecule has 0 spiro atoms. The Bertz CT molecular complexity index is 568. The van der Waals surface area contributed by atoms with Gasteiger partial charge in [-0.3, -0.25) is 9.59 Å².